The van der Waals surface area contributed by atoms with E-state index in [1.165, 1.54) is 17.5 Å². The standard InChI is InChI=1S/C5H5NO3/c7-4-2-1-3-5(8)6-9/h1-3,9H,(H,6,8). The molecule has 0 aliphatic rings. The number of nitrogens with one attached hydrogen (secondary N) is 1. The van der Waals surface area contributed by atoms with Gasteiger partial charge in [0.2, 0.25) is 0 Å². The van der Waals surface area contributed by atoms with Gasteiger partial charge in [0.15, 0.2) is 0 Å². The summed E-state index contributed by atoms with van der Waals surface area (Å²) in [4.78, 5) is 19.5. The Bertz CT molecular complexity index is 167. The number of rotatable bonds is 2. The van der Waals surface area contributed by atoms with E-state index in [1.807, 2.05) is 0 Å². The molecule has 2 N–H and O–H groups in total. The molecule has 0 heterocycles. The predicted octanol–water partition coefficient (Wildman–Crippen LogP) is -0.564. The van der Waals surface area contributed by atoms with Gasteiger partial charge in [-0.15, -0.1) is 0 Å². The Morgan fingerprint density at radius 1 is 1.67 bits per heavy atom. The first kappa shape index (κ1) is 7.62. The van der Waals surface area contributed by atoms with Crippen molar-refractivity contribution < 1.29 is 14.8 Å². The van der Waals surface area contributed by atoms with Crippen molar-refractivity contribution in [1.82, 2.24) is 5.48 Å². The summed E-state index contributed by atoms with van der Waals surface area (Å²) in [6.45, 7) is 0. The monoisotopic (exact) mass is 127 g/mol. The molecule has 0 radical (unpaired) electrons. The number of hydroxylamine groups is 1. The molecular formula is C5H5NO3. The molecule has 0 saturated heterocycles. The van der Waals surface area contributed by atoms with E-state index >= 15 is 0 Å². The van der Waals surface area contributed by atoms with E-state index in [4.69, 9.17) is 5.21 Å². The van der Waals surface area contributed by atoms with Gasteiger partial charge < -0.3 is 0 Å². The zero-order valence-corrected chi connectivity index (χ0v) is 4.50. The molecule has 4 nitrogen and oxygen atoms in total. The Morgan fingerprint density at radius 3 is 2.78 bits per heavy atom. The van der Waals surface area contributed by atoms with Gasteiger partial charge in [-0.2, -0.15) is 0 Å². The van der Waals surface area contributed by atoms with Crippen molar-refractivity contribution in [3.8, 4) is 0 Å². The maximum Gasteiger partial charge on any atom is 0.267 e. The quantitative estimate of drug-likeness (QED) is 0.172. The number of carbonyl (C=O) groups is 1. The molecular weight excluding hydrogens is 122 g/mol. The van der Waals surface area contributed by atoms with E-state index in [-0.39, 0.29) is 0 Å². The second-order valence-electron chi connectivity index (χ2n) is 1.12. The lowest BCUT2D eigenvalue weighted by Gasteiger charge is -1.83. The molecule has 0 atom stereocenters. The van der Waals surface area contributed by atoms with Crippen molar-refractivity contribution in [2.75, 3.05) is 0 Å². The predicted molar refractivity (Wildman–Crippen MR) is 29.3 cm³/mol. The maximum absolute atomic E-state index is 10.1. The van der Waals surface area contributed by atoms with Crippen LogP contribution in [-0.4, -0.2) is 17.1 Å². The molecule has 0 bridgehead atoms. The van der Waals surface area contributed by atoms with Gasteiger partial charge in [0.25, 0.3) is 5.91 Å². The molecule has 0 aromatic heterocycles. The van der Waals surface area contributed by atoms with E-state index in [1.54, 1.807) is 0 Å². The molecule has 0 unspecified atom stereocenters. The highest BCUT2D eigenvalue weighted by Gasteiger charge is 1.84. The Balaban J connectivity index is 3.70. The first-order chi connectivity index (χ1) is 4.31. The second kappa shape index (κ2) is 4.77. The Hall–Kier alpha value is -1.38. The van der Waals surface area contributed by atoms with Gasteiger partial charge in [-0.1, -0.05) is 0 Å². The molecule has 0 aliphatic heterocycles. The van der Waals surface area contributed by atoms with Gasteiger partial charge in [-0.05, 0) is 6.08 Å². The third kappa shape index (κ3) is 4.47. The smallest absolute Gasteiger partial charge is 0.267 e. The van der Waals surface area contributed by atoms with Gasteiger partial charge in [-0.3, -0.25) is 10.0 Å². The van der Waals surface area contributed by atoms with E-state index in [0.717, 1.165) is 12.2 Å². The second-order valence-corrected chi connectivity index (χ2v) is 1.12. The molecule has 0 aliphatic carbocycles. The van der Waals surface area contributed by atoms with Crippen LogP contribution in [0, 0.1) is 0 Å². The van der Waals surface area contributed by atoms with Gasteiger partial charge in [0.1, 0.15) is 5.94 Å². The molecule has 1 amide bonds. The van der Waals surface area contributed by atoms with Crippen LogP contribution in [0.2, 0.25) is 0 Å². The Labute approximate surface area is 51.4 Å². The molecule has 0 rings (SSSR count). The molecule has 0 saturated carbocycles. The highest BCUT2D eigenvalue weighted by molar-refractivity contribution is 5.86. The minimum Gasteiger partial charge on any atom is -0.288 e. The van der Waals surface area contributed by atoms with Crippen molar-refractivity contribution >= 4 is 11.8 Å². The van der Waals surface area contributed by atoms with Gasteiger partial charge >= 0.3 is 0 Å². The van der Waals surface area contributed by atoms with Gasteiger partial charge in [0, 0.05) is 12.2 Å². The lowest BCUT2D eigenvalue weighted by atomic mass is 10.5. The van der Waals surface area contributed by atoms with Gasteiger partial charge in [-0.25, -0.2) is 10.3 Å². The van der Waals surface area contributed by atoms with E-state index < -0.39 is 5.91 Å². The van der Waals surface area contributed by atoms with Crippen LogP contribution in [0.25, 0.3) is 0 Å². The first-order valence-corrected chi connectivity index (χ1v) is 2.13. The largest absolute Gasteiger partial charge is 0.288 e. The van der Waals surface area contributed by atoms with Crippen molar-refractivity contribution in [3.05, 3.63) is 18.2 Å². The van der Waals surface area contributed by atoms with E-state index in [0.29, 0.717) is 0 Å². The Morgan fingerprint density at radius 2 is 2.33 bits per heavy atom. The summed E-state index contributed by atoms with van der Waals surface area (Å²) in [5.74, 6) is 0.745. The number of hydrogen-bond donors (Lipinski definition) is 2. The van der Waals surface area contributed by atoms with Gasteiger partial charge in [0.05, 0.1) is 0 Å². The van der Waals surface area contributed by atoms with E-state index in [9.17, 15) is 9.59 Å². The third-order valence-corrected chi connectivity index (χ3v) is 0.522. The first-order valence-electron chi connectivity index (χ1n) is 2.13. The summed E-state index contributed by atoms with van der Waals surface area (Å²) < 4.78 is 0. The fourth-order valence-electron chi connectivity index (χ4n) is 0.212. The van der Waals surface area contributed by atoms with Crippen LogP contribution in [0.15, 0.2) is 18.2 Å². The SMILES string of the molecule is O=C=CC=CC(=O)NO. The van der Waals surface area contributed by atoms with Crippen LogP contribution in [-0.2, 0) is 9.59 Å². The van der Waals surface area contributed by atoms with Crippen LogP contribution < -0.4 is 5.48 Å². The van der Waals surface area contributed by atoms with Crippen LogP contribution in [0.4, 0.5) is 0 Å². The van der Waals surface area contributed by atoms with Crippen molar-refractivity contribution in [1.29, 1.82) is 0 Å². The fraction of sp³-hybridized carbons (Fsp3) is 0. The number of hydrogen-bond acceptors (Lipinski definition) is 3. The zero-order chi connectivity index (χ0) is 7.11. The number of carbonyl (C=O) groups excluding carboxylic acids is 2. The topological polar surface area (TPSA) is 66.4 Å². The summed E-state index contributed by atoms with van der Waals surface area (Å²) >= 11 is 0. The Kier molecular flexibility index (Phi) is 4.04. The maximum atomic E-state index is 10.1. The summed E-state index contributed by atoms with van der Waals surface area (Å²) in [6, 6.07) is 0. The average Bonchev–Trinajstić information content (AvgIpc) is 1.89. The molecule has 0 fully saturated rings. The minimum atomic E-state index is -0.679. The van der Waals surface area contributed by atoms with Crippen molar-refractivity contribution in [3.63, 3.8) is 0 Å². The molecule has 9 heavy (non-hydrogen) atoms. The van der Waals surface area contributed by atoms with Crippen LogP contribution in [0.3, 0.4) is 0 Å². The molecule has 48 valence electrons. The van der Waals surface area contributed by atoms with Crippen LogP contribution in [0.5, 0.6) is 0 Å². The normalized spacial score (nSPS) is 8.56. The third-order valence-electron chi connectivity index (χ3n) is 0.522. The molecule has 0 spiro atoms. The lowest BCUT2D eigenvalue weighted by molar-refractivity contribution is -0.124. The molecule has 0 aromatic rings. The van der Waals surface area contributed by atoms with Crippen molar-refractivity contribution in [2.24, 2.45) is 0 Å². The lowest BCUT2D eigenvalue weighted by Crippen LogP contribution is -2.14. The van der Waals surface area contributed by atoms with Crippen LogP contribution in [0.1, 0.15) is 0 Å². The fourth-order valence-corrected chi connectivity index (χ4v) is 0.212. The highest BCUT2D eigenvalue weighted by Crippen LogP contribution is 1.70. The summed E-state index contributed by atoms with van der Waals surface area (Å²) in [6.07, 6.45) is 3.17. The molecule has 0 aromatic carbocycles. The summed E-state index contributed by atoms with van der Waals surface area (Å²) in [5, 5.41) is 7.87. The molecule has 4 heteroatoms. The summed E-state index contributed by atoms with van der Waals surface area (Å²) in [7, 11) is 0. The number of allylic oxidation sites excluding steroid dienone is 2. The minimum absolute atomic E-state index is 0.679. The van der Waals surface area contributed by atoms with E-state index in [2.05, 4.69) is 0 Å². The average molecular weight is 127 g/mol. The number of amides is 1. The highest BCUT2D eigenvalue weighted by atomic mass is 16.5. The zero-order valence-electron chi connectivity index (χ0n) is 4.50. The van der Waals surface area contributed by atoms with Crippen molar-refractivity contribution in [2.45, 2.75) is 0 Å². The van der Waals surface area contributed by atoms with Crippen LogP contribution >= 0.6 is 0 Å². The summed E-state index contributed by atoms with van der Waals surface area (Å²) in [5.41, 5.74) is 1.35.